The second kappa shape index (κ2) is 7.76. The summed E-state index contributed by atoms with van der Waals surface area (Å²) in [5, 5.41) is 3.44. The van der Waals surface area contributed by atoms with Gasteiger partial charge in [-0.05, 0) is 47.4 Å². The Morgan fingerprint density at radius 3 is 2.95 bits per heavy atom. The zero-order chi connectivity index (χ0) is 14.4. The third-order valence-electron chi connectivity index (χ3n) is 3.56. The van der Waals surface area contributed by atoms with E-state index in [-0.39, 0.29) is 5.91 Å². The molecule has 20 heavy (non-hydrogen) atoms. The van der Waals surface area contributed by atoms with Gasteiger partial charge in [-0.3, -0.25) is 4.79 Å². The number of benzene rings is 1. The van der Waals surface area contributed by atoms with E-state index >= 15 is 0 Å². The summed E-state index contributed by atoms with van der Waals surface area (Å²) in [7, 11) is 1.66. The third-order valence-corrected chi connectivity index (χ3v) is 4.25. The molecular formula is C15H21BrN2O2. The predicted octanol–water partition coefficient (Wildman–Crippen LogP) is 2.29. The molecule has 1 saturated heterocycles. The van der Waals surface area contributed by atoms with Crippen LogP contribution in [0.5, 0.6) is 0 Å². The fraction of sp³-hybridized carbons (Fsp3) is 0.533. The summed E-state index contributed by atoms with van der Waals surface area (Å²) >= 11 is 3.45. The standard InChI is InChI=1S/C15H21BrN2O2/c1-20-10-9-18(11-12-5-4-8-17-12)15(19)13-6-2-3-7-14(13)16/h2-3,6-7,12,17H,4-5,8-11H2,1H3. The summed E-state index contributed by atoms with van der Waals surface area (Å²) in [5.74, 6) is 0.0585. The van der Waals surface area contributed by atoms with Gasteiger partial charge in [-0.1, -0.05) is 12.1 Å². The molecule has 2 rings (SSSR count). The highest BCUT2D eigenvalue weighted by molar-refractivity contribution is 9.10. The van der Waals surface area contributed by atoms with E-state index in [1.165, 1.54) is 6.42 Å². The highest BCUT2D eigenvalue weighted by Gasteiger charge is 2.23. The van der Waals surface area contributed by atoms with Crippen LogP contribution in [0.2, 0.25) is 0 Å². The number of hydrogen-bond donors (Lipinski definition) is 1. The van der Waals surface area contributed by atoms with Gasteiger partial charge in [-0.2, -0.15) is 0 Å². The minimum atomic E-state index is 0.0585. The van der Waals surface area contributed by atoms with Crippen LogP contribution in [0.25, 0.3) is 0 Å². The molecular weight excluding hydrogens is 320 g/mol. The average molecular weight is 341 g/mol. The first-order valence-corrected chi connectivity index (χ1v) is 7.78. The van der Waals surface area contributed by atoms with Gasteiger partial charge in [0.25, 0.3) is 5.91 Å². The number of amides is 1. The Morgan fingerprint density at radius 2 is 2.30 bits per heavy atom. The molecule has 0 saturated carbocycles. The lowest BCUT2D eigenvalue weighted by Crippen LogP contribution is -2.42. The quantitative estimate of drug-likeness (QED) is 0.863. The maximum Gasteiger partial charge on any atom is 0.255 e. The first-order chi connectivity index (χ1) is 9.72. The second-order valence-electron chi connectivity index (χ2n) is 5.02. The molecule has 1 aliphatic heterocycles. The van der Waals surface area contributed by atoms with Crippen LogP contribution in [-0.2, 0) is 4.74 Å². The van der Waals surface area contributed by atoms with Gasteiger partial charge in [-0.15, -0.1) is 0 Å². The van der Waals surface area contributed by atoms with Crippen LogP contribution >= 0.6 is 15.9 Å². The van der Waals surface area contributed by atoms with Crippen molar-refractivity contribution in [3.63, 3.8) is 0 Å². The Balaban J connectivity index is 2.08. The van der Waals surface area contributed by atoms with E-state index in [0.29, 0.717) is 24.8 Å². The predicted molar refractivity (Wildman–Crippen MR) is 82.9 cm³/mol. The van der Waals surface area contributed by atoms with Gasteiger partial charge in [0.2, 0.25) is 0 Å². The maximum atomic E-state index is 12.7. The number of rotatable bonds is 6. The zero-order valence-corrected chi connectivity index (χ0v) is 13.4. The van der Waals surface area contributed by atoms with Crippen molar-refractivity contribution in [2.75, 3.05) is 33.4 Å². The van der Waals surface area contributed by atoms with E-state index in [2.05, 4.69) is 21.2 Å². The molecule has 110 valence electrons. The van der Waals surface area contributed by atoms with Crippen LogP contribution in [0.1, 0.15) is 23.2 Å². The van der Waals surface area contributed by atoms with Gasteiger partial charge in [0.1, 0.15) is 0 Å². The summed E-state index contributed by atoms with van der Waals surface area (Å²) in [4.78, 5) is 14.6. The Kier molecular flexibility index (Phi) is 6.01. The fourth-order valence-electron chi connectivity index (χ4n) is 2.46. The number of methoxy groups -OCH3 is 1. The molecule has 1 aromatic rings. The largest absolute Gasteiger partial charge is 0.383 e. The van der Waals surface area contributed by atoms with E-state index in [1.807, 2.05) is 29.2 Å². The molecule has 1 aliphatic rings. The minimum Gasteiger partial charge on any atom is -0.383 e. The molecule has 0 aliphatic carbocycles. The molecule has 0 bridgehead atoms. The summed E-state index contributed by atoms with van der Waals surface area (Å²) in [6.07, 6.45) is 2.32. The lowest BCUT2D eigenvalue weighted by Gasteiger charge is -2.26. The van der Waals surface area contributed by atoms with Gasteiger partial charge >= 0.3 is 0 Å². The van der Waals surface area contributed by atoms with Gasteiger partial charge in [0, 0.05) is 30.7 Å². The lowest BCUT2D eigenvalue weighted by atomic mass is 10.1. The molecule has 1 unspecified atom stereocenters. The van der Waals surface area contributed by atoms with Crippen LogP contribution in [0, 0.1) is 0 Å². The lowest BCUT2D eigenvalue weighted by molar-refractivity contribution is 0.0678. The molecule has 0 spiro atoms. The van der Waals surface area contributed by atoms with E-state index in [9.17, 15) is 4.79 Å². The second-order valence-corrected chi connectivity index (χ2v) is 5.87. The molecule has 1 N–H and O–H groups in total. The third kappa shape index (κ3) is 4.04. The van der Waals surface area contributed by atoms with Crippen molar-refractivity contribution in [2.45, 2.75) is 18.9 Å². The first-order valence-electron chi connectivity index (χ1n) is 6.98. The minimum absolute atomic E-state index is 0.0585. The molecule has 1 aromatic carbocycles. The Bertz CT molecular complexity index is 447. The number of nitrogens with zero attached hydrogens (tertiary/aromatic N) is 1. The number of halogens is 1. The normalized spacial score (nSPS) is 18.2. The molecule has 1 amide bonds. The number of carbonyl (C=O) groups excluding carboxylic acids is 1. The van der Waals surface area contributed by atoms with Gasteiger partial charge in [0.05, 0.1) is 12.2 Å². The molecule has 1 heterocycles. The Morgan fingerprint density at radius 1 is 1.50 bits per heavy atom. The summed E-state index contributed by atoms with van der Waals surface area (Å²) in [5.41, 5.74) is 0.710. The molecule has 5 heteroatoms. The smallest absolute Gasteiger partial charge is 0.255 e. The first kappa shape index (κ1) is 15.5. The molecule has 0 radical (unpaired) electrons. The van der Waals surface area contributed by atoms with Crippen molar-refractivity contribution < 1.29 is 9.53 Å². The molecule has 0 aromatic heterocycles. The van der Waals surface area contributed by atoms with Crippen molar-refractivity contribution in [3.8, 4) is 0 Å². The number of hydrogen-bond acceptors (Lipinski definition) is 3. The van der Waals surface area contributed by atoms with Gasteiger partial charge in [-0.25, -0.2) is 0 Å². The van der Waals surface area contributed by atoms with Crippen LogP contribution in [-0.4, -0.2) is 50.2 Å². The van der Waals surface area contributed by atoms with Crippen molar-refractivity contribution in [1.82, 2.24) is 10.2 Å². The molecule has 1 fully saturated rings. The zero-order valence-electron chi connectivity index (χ0n) is 11.8. The number of nitrogens with one attached hydrogen (secondary N) is 1. The van der Waals surface area contributed by atoms with E-state index in [1.54, 1.807) is 7.11 Å². The number of carbonyl (C=O) groups is 1. The number of ether oxygens (including phenoxy) is 1. The van der Waals surface area contributed by atoms with Crippen molar-refractivity contribution in [2.24, 2.45) is 0 Å². The fourth-order valence-corrected chi connectivity index (χ4v) is 2.92. The summed E-state index contributed by atoms with van der Waals surface area (Å²) in [6.45, 7) is 2.97. The highest BCUT2D eigenvalue weighted by Crippen LogP contribution is 2.18. The monoisotopic (exact) mass is 340 g/mol. The summed E-state index contributed by atoms with van der Waals surface area (Å²) in [6, 6.07) is 7.96. The van der Waals surface area contributed by atoms with E-state index in [0.717, 1.165) is 24.0 Å². The average Bonchev–Trinajstić information content (AvgIpc) is 2.96. The van der Waals surface area contributed by atoms with E-state index in [4.69, 9.17) is 4.74 Å². The molecule has 4 nitrogen and oxygen atoms in total. The van der Waals surface area contributed by atoms with Crippen LogP contribution in [0.15, 0.2) is 28.7 Å². The van der Waals surface area contributed by atoms with Crippen LogP contribution in [0.4, 0.5) is 0 Å². The highest BCUT2D eigenvalue weighted by atomic mass is 79.9. The SMILES string of the molecule is COCCN(CC1CCCN1)C(=O)c1ccccc1Br. The van der Waals surface area contributed by atoms with Crippen LogP contribution in [0.3, 0.4) is 0 Å². The molecule has 1 atom stereocenters. The van der Waals surface area contributed by atoms with Gasteiger partial charge < -0.3 is 15.0 Å². The van der Waals surface area contributed by atoms with Gasteiger partial charge in [0.15, 0.2) is 0 Å². The summed E-state index contributed by atoms with van der Waals surface area (Å²) < 4.78 is 5.97. The van der Waals surface area contributed by atoms with E-state index < -0.39 is 0 Å². The van der Waals surface area contributed by atoms with Crippen LogP contribution < -0.4 is 5.32 Å². The van der Waals surface area contributed by atoms with Crippen molar-refractivity contribution in [3.05, 3.63) is 34.3 Å². The topological polar surface area (TPSA) is 41.6 Å². The Labute approximate surface area is 128 Å². The van der Waals surface area contributed by atoms with Crippen molar-refractivity contribution in [1.29, 1.82) is 0 Å². The Hall–Kier alpha value is -0.910. The van der Waals surface area contributed by atoms with Crippen molar-refractivity contribution >= 4 is 21.8 Å². The maximum absolute atomic E-state index is 12.7.